The summed E-state index contributed by atoms with van der Waals surface area (Å²) in [6.07, 6.45) is 6.56. The molecule has 1 amide bonds. The number of rotatable bonds is 4. The molecule has 0 aliphatic carbocycles. The molecule has 150 valence electrons. The highest BCUT2D eigenvalue weighted by Gasteiger charge is 2.14. The fourth-order valence-corrected chi connectivity index (χ4v) is 4.08. The lowest BCUT2D eigenvalue weighted by Gasteiger charge is -2.17. The third kappa shape index (κ3) is 4.50. The number of amides is 1. The van der Waals surface area contributed by atoms with E-state index in [1.807, 2.05) is 19.1 Å². The van der Waals surface area contributed by atoms with Gasteiger partial charge in [-0.15, -0.1) is 0 Å². The summed E-state index contributed by atoms with van der Waals surface area (Å²) < 4.78 is 0. The summed E-state index contributed by atoms with van der Waals surface area (Å²) in [6, 6.07) is 12.5. The number of anilines is 1. The van der Waals surface area contributed by atoms with Gasteiger partial charge in [0.1, 0.15) is 0 Å². The van der Waals surface area contributed by atoms with Gasteiger partial charge in [-0.1, -0.05) is 30.4 Å². The van der Waals surface area contributed by atoms with Crippen LogP contribution >= 0.6 is 0 Å². The van der Waals surface area contributed by atoms with Crippen molar-refractivity contribution in [2.75, 3.05) is 31.5 Å². The summed E-state index contributed by atoms with van der Waals surface area (Å²) in [5.41, 5.74) is 8.90. The Balaban J connectivity index is 1.50. The van der Waals surface area contributed by atoms with E-state index < -0.39 is 0 Å². The van der Waals surface area contributed by atoms with E-state index in [0.717, 1.165) is 61.4 Å². The van der Waals surface area contributed by atoms with Gasteiger partial charge in [-0.25, -0.2) is 0 Å². The molecule has 0 unspecified atom stereocenters. The van der Waals surface area contributed by atoms with Crippen molar-refractivity contribution in [3.05, 3.63) is 76.4 Å². The highest BCUT2D eigenvalue weighted by molar-refractivity contribution is 6.06. The number of nitrogens with one attached hydrogen (secondary N) is 3. The van der Waals surface area contributed by atoms with Gasteiger partial charge < -0.3 is 16.0 Å². The summed E-state index contributed by atoms with van der Waals surface area (Å²) in [7, 11) is 0. The van der Waals surface area contributed by atoms with Crippen molar-refractivity contribution in [1.29, 1.82) is 0 Å². The zero-order chi connectivity index (χ0) is 20.2. The number of aryl methyl sites for hydroxylation is 2. The molecule has 2 heterocycles. The van der Waals surface area contributed by atoms with Crippen LogP contribution in [0.4, 0.5) is 5.69 Å². The second-order valence-corrected chi connectivity index (χ2v) is 7.88. The van der Waals surface area contributed by atoms with Crippen LogP contribution in [0.25, 0.3) is 11.1 Å². The van der Waals surface area contributed by atoms with Crippen LogP contribution in [0.15, 0.2) is 48.6 Å². The van der Waals surface area contributed by atoms with E-state index in [1.54, 1.807) is 0 Å². The maximum absolute atomic E-state index is 12.9. The van der Waals surface area contributed by atoms with Crippen LogP contribution in [-0.4, -0.2) is 32.1 Å². The lowest BCUT2D eigenvalue weighted by atomic mass is 9.96. The van der Waals surface area contributed by atoms with Crippen molar-refractivity contribution in [1.82, 2.24) is 10.6 Å². The van der Waals surface area contributed by atoms with Crippen LogP contribution < -0.4 is 16.0 Å². The first kappa shape index (κ1) is 19.6. The molecule has 29 heavy (non-hydrogen) atoms. The molecular formula is C25H29N3O. The van der Waals surface area contributed by atoms with Gasteiger partial charge in [0.2, 0.25) is 0 Å². The minimum Gasteiger partial charge on any atom is -0.322 e. The van der Waals surface area contributed by atoms with Gasteiger partial charge in [0, 0.05) is 24.3 Å². The monoisotopic (exact) mass is 387 g/mol. The Hall–Kier alpha value is -2.69. The van der Waals surface area contributed by atoms with Gasteiger partial charge >= 0.3 is 0 Å². The number of hydrogen-bond donors (Lipinski definition) is 3. The first-order valence-corrected chi connectivity index (χ1v) is 10.4. The van der Waals surface area contributed by atoms with Gasteiger partial charge in [0.25, 0.3) is 5.91 Å². The molecule has 0 saturated carbocycles. The van der Waals surface area contributed by atoms with Crippen molar-refractivity contribution < 1.29 is 4.79 Å². The fraction of sp³-hybridized carbons (Fsp3) is 0.320. The van der Waals surface area contributed by atoms with Crippen LogP contribution in [-0.2, 0) is 0 Å². The summed E-state index contributed by atoms with van der Waals surface area (Å²) in [6.45, 7) is 7.94. The zero-order valence-corrected chi connectivity index (χ0v) is 17.3. The topological polar surface area (TPSA) is 53.2 Å². The van der Waals surface area contributed by atoms with E-state index in [-0.39, 0.29) is 5.91 Å². The number of carbonyl (C=O) groups is 1. The van der Waals surface area contributed by atoms with E-state index in [0.29, 0.717) is 0 Å². The van der Waals surface area contributed by atoms with Gasteiger partial charge in [-0.05, 0) is 91.4 Å². The SMILES string of the molecule is Cc1cc(C2=CCNCC2)ccc1NC(=O)c1ccc(C2=CCNCC2)cc1C. The maximum Gasteiger partial charge on any atom is 0.255 e. The summed E-state index contributed by atoms with van der Waals surface area (Å²) >= 11 is 0. The van der Waals surface area contributed by atoms with Crippen LogP contribution in [0.2, 0.25) is 0 Å². The van der Waals surface area contributed by atoms with Gasteiger partial charge in [0.15, 0.2) is 0 Å². The average molecular weight is 388 g/mol. The second-order valence-electron chi connectivity index (χ2n) is 7.88. The van der Waals surface area contributed by atoms with Crippen molar-refractivity contribution >= 4 is 22.7 Å². The molecule has 2 aliphatic rings. The van der Waals surface area contributed by atoms with Crippen molar-refractivity contribution in [2.45, 2.75) is 26.7 Å². The third-order valence-corrected chi connectivity index (χ3v) is 5.82. The molecular weight excluding hydrogens is 358 g/mol. The molecule has 3 N–H and O–H groups in total. The summed E-state index contributed by atoms with van der Waals surface area (Å²) in [5, 5.41) is 9.78. The molecule has 0 fully saturated rings. The van der Waals surface area contributed by atoms with Crippen LogP contribution in [0.1, 0.15) is 45.5 Å². The van der Waals surface area contributed by atoms with Gasteiger partial charge in [-0.2, -0.15) is 0 Å². The molecule has 2 aromatic rings. The van der Waals surface area contributed by atoms with E-state index >= 15 is 0 Å². The van der Waals surface area contributed by atoms with E-state index in [9.17, 15) is 4.79 Å². The average Bonchev–Trinajstić information content (AvgIpc) is 2.76. The largest absolute Gasteiger partial charge is 0.322 e. The predicted molar refractivity (Wildman–Crippen MR) is 121 cm³/mol. The first-order chi connectivity index (χ1) is 14.1. The van der Waals surface area contributed by atoms with E-state index in [2.05, 4.69) is 59.3 Å². The van der Waals surface area contributed by atoms with Crippen LogP contribution in [0.5, 0.6) is 0 Å². The minimum absolute atomic E-state index is 0.0507. The second kappa shape index (κ2) is 8.76. The molecule has 4 rings (SSSR count). The van der Waals surface area contributed by atoms with Crippen molar-refractivity contribution in [3.8, 4) is 0 Å². The van der Waals surface area contributed by atoms with Crippen molar-refractivity contribution in [2.24, 2.45) is 0 Å². The van der Waals surface area contributed by atoms with E-state index in [4.69, 9.17) is 0 Å². The molecule has 0 saturated heterocycles. The zero-order valence-electron chi connectivity index (χ0n) is 17.3. The van der Waals surface area contributed by atoms with Crippen LogP contribution in [0.3, 0.4) is 0 Å². The Morgan fingerprint density at radius 3 is 1.93 bits per heavy atom. The number of carbonyl (C=O) groups excluding carboxylic acids is 1. The van der Waals surface area contributed by atoms with Gasteiger partial charge in [0.05, 0.1) is 0 Å². The third-order valence-electron chi connectivity index (χ3n) is 5.82. The Kier molecular flexibility index (Phi) is 5.93. The molecule has 0 aromatic heterocycles. The minimum atomic E-state index is -0.0507. The number of benzene rings is 2. The molecule has 0 radical (unpaired) electrons. The first-order valence-electron chi connectivity index (χ1n) is 10.4. The van der Waals surface area contributed by atoms with Crippen LogP contribution in [0, 0.1) is 13.8 Å². The highest BCUT2D eigenvalue weighted by Crippen LogP contribution is 2.26. The van der Waals surface area contributed by atoms with Gasteiger partial charge in [-0.3, -0.25) is 4.79 Å². The normalized spacial score (nSPS) is 16.8. The molecule has 0 atom stereocenters. The molecule has 4 nitrogen and oxygen atoms in total. The molecule has 2 aliphatic heterocycles. The quantitative estimate of drug-likeness (QED) is 0.733. The number of hydrogen-bond acceptors (Lipinski definition) is 3. The molecule has 0 spiro atoms. The lowest BCUT2D eigenvalue weighted by molar-refractivity contribution is 0.102. The Morgan fingerprint density at radius 2 is 1.41 bits per heavy atom. The lowest BCUT2D eigenvalue weighted by Crippen LogP contribution is -2.20. The summed E-state index contributed by atoms with van der Waals surface area (Å²) in [4.78, 5) is 12.9. The highest BCUT2D eigenvalue weighted by atomic mass is 16.1. The molecule has 4 heteroatoms. The summed E-state index contributed by atoms with van der Waals surface area (Å²) in [5.74, 6) is -0.0507. The van der Waals surface area contributed by atoms with E-state index in [1.165, 1.54) is 22.3 Å². The Bertz CT molecular complexity index is 988. The predicted octanol–water partition coefficient (Wildman–Crippen LogP) is 4.31. The maximum atomic E-state index is 12.9. The Labute approximate surface area is 173 Å². The molecule has 2 aromatic carbocycles. The molecule has 0 bridgehead atoms. The fourth-order valence-electron chi connectivity index (χ4n) is 4.08. The van der Waals surface area contributed by atoms with Crippen molar-refractivity contribution in [3.63, 3.8) is 0 Å². The standard InChI is InChI=1S/C25H29N3O/c1-17-15-21(19-7-11-26-12-8-19)3-5-23(17)25(29)28-24-6-4-22(16-18(24)2)20-9-13-27-14-10-20/h3-7,9,15-16,26-27H,8,10-14H2,1-2H3,(H,28,29). The Morgan fingerprint density at radius 1 is 0.828 bits per heavy atom. The smallest absolute Gasteiger partial charge is 0.255 e.